The van der Waals surface area contributed by atoms with E-state index < -0.39 is 10.1 Å². The third-order valence-electron chi connectivity index (χ3n) is 2.07. The fourth-order valence-corrected chi connectivity index (χ4v) is 1.22. The first-order chi connectivity index (χ1) is 10.3. The van der Waals surface area contributed by atoms with E-state index in [0.29, 0.717) is 6.26 Å². The molecule has 6 heteroatoms. The zero-order valence-electron chi connectivity index (χ0n) is 13.3. The molecule has 2 rings (SSSR count). The summed E-state index contributed by atoms with van der Waals surface area (Å²) in [6.45, 7) is 6.05. The van der Waals surface area contributed by atoms with Crippen LogP contribution in [0, 0.1) is 6.92 Å². The highest BCUT2D eigenvalue weighted by Crippen LogP contribution is 2.17. The standard InChI is InChI=1S/C13H12N2.C2H6.CH4O3S/c1-11-7-9-13(10-8-11)15-14-12-5-3-2-4-6-12;1-2;1-5(2,3)4/h2-10H,1H3;1-2H3;1H3,(H,2,3,4). The van der Waals surface area contributed by atoms with E-state index >= 15 is 0 Å². The van der Waals surface area contributed by atoms with Crippen LogP contribution >= 0.6 is 0 Å². The van der Waals surface area contributed by atoms with Crippen molar-refractivity contribution in [2.75, 3.05) is 6.26 Å². The summed E-state index contributed by atoms with van der Waals surface area (Å²) in [7, 11) is -3.67. The lowest BCUT2D eigenvalue weighted by Crippen LogP contribution is -1.88. The smallest absolute Gasteiger partial charge is 0.261 e. The second-order valence-electron chi connectivity index (χ2n) is 4.10. The van der Waals surface area contributed by atoms with E-state index in [0.717, 1.165) is 11.4 Å². The fraction of sp³-hybridized carbons (Fsp3) is 0.250. The molecule has 0 unspecified atom stereocenters. The summed E-state index contributed by atoms with van der Waals surface area (Å²) in [5.41, 5.74) is 2.98. The Labute approximate surface area is 132 Å². The molecule has 0 saturated carbocycles. The molecule has 0 saturated heterocycles. The highest BCUT2D eigenvalue weighted by molar-refractivity contribution is 7.85. The van der Waals surface area contributed by atoms with Crippen LogP contribution in [0.2, 0.25) is 0 Å². The zero-order chi connectivity index (χ0) is 17.0. The van der Waals surface area contributed by atoms with Crippen LogP contribution in [0.25, 0.3) is 0 Å². The zero-order valence-corrected chi connectivity index (χ0v) is 14.1. The second-order valence-corrected chi connectivity index (χ2v) is 5.57. The minimum atomic E-state index is -3.67. The SMILES string of the molecule is CC.CS(=O)(=O)O.Cc1ccc(N=Nc2ccccc2)cc1. The average Bonchev–Trinajstić information content (AvgIpc) is 2.48. The molecule has 2 aromatic carbocycles. The van der Waals surface area contributed by atoms with Crippen LogP contribution in [-0.4, -0.2) is 19.2 Å². The van der Waals surface area contributed by atoms with E-state index in [1.54, 1.807) is 0 Å². The van der Waals surface area contributed by atoms with Gasteiger partial charge in [-0.2, -0.15) is 18.6 Å². The van der Waals surface area contributed by atoms with Gasteiger partial charge in [0.15, 0.2) is 0 Å². The average molecular weight is 322 g/mol. The van der Waals surface area contributed by atoms with Gasteiger partial charge in [0.1, 0.15) is 0 Å². The Morgan fingerprint density at radius 1 is 0.818 bits per heavy atom. The van der Waals surface area contributed by atoms with E-state index in [9.17, 15) is 8.42 Å². The van der Waals surface area contributed by atoms with E-state index in [1.807, 2.05) is 68.4 Å². The Kier molecular flexibility index (Phi) is 9.65. The molecule has 0 spiro atoms. The van der Waals surface area contributed by atoms with Crippen LogP contribution < -0.4 is 0 Å². The van der Waals surface area contributed by atoms with Crippen molar-refractivity contribution < 1.29 is 13.0 Å². The molecule has 2 aromatic rings. The summed E-state index contributed by atoms with van der Waals surface area (Å²) in [6, 6.07) is 17.7. The van der Waals surface area contributed by atoms with Crippen LogP contribution in [0.3, 0.4) is 0 Å². The summed E-state index contributed by atoms with van der Waals surface area (Å²) >= 11 is 0. The van der Waals surface area contributed by atoms with E-state index in [2.05, 4.69) is 17.2 Å². The molecule has 22 heavy (non-hydrogen) atoms. The van der Waals surface area contributed by atoms with Gasteiger partial charge in [0, 0.05) is 0 Å². The number of rotatable bonds is 2. The quantitative estimate of drug-likeness (QED) is 0.628. The molecular formula is C16H22N2O3S. The number of azo groups is 1. The molecule has 0 atom stereocenters. The lowest BCUT2D eigenvalue weighted by molar-refractivity contribution is 0.490. The molecule has 0 bridgehead atoms. The molecule has 0 aromatic heterocycles. The summed E-state index contributed by atoms with van der Waals surface area (Å²) in [5, 5.41) is 8.27. The Balaban J connectivity index is 0.000000540. The summed E-state index contributed by atoms with van der Waals surface area (Å²) in [6.07, 6.45) is 0.715. The molecule has 1 N–H and O–H groups in total. The molecule has 0 aliphatic carbocycles. The number of hydrogen-bond acceptors (Lipinski definition) is 4. The van der Waals surface area contributed by atoms with Crippen molar-refractivity contribution in [2.45, 2.75) is 20.8 Å². The van der Waals surface area contributed by atoms with Crippen LogP contribution in [0.1, 0.15) is 19.4 Å². The Morgan fingerprint density at radius 3 is 1.59 bits per heavy atom. The highest BCUT2D eigenvalue weighted by atomic mass is 32.2. The molecule has 120 valence electrons. The highest BCUT2D eigenvalue weighted by Gasteiger charge is 1.89. The Hall–Kier alpha value is -2.05. The monoisotopic (exact) mass is 322 g/mol. The van der Waals surface area contributed by atoms with Gasteiger partial charge in [0.25, 0.3) is 10.1 Å². The first-order valence-electron chi connectivity index (χ1n) is 6.80. The van der Waals surface area contributed by atoms with Crippen LogP contribution in [0.5, 0.6) is 0 Å². The second kappa shape index (κ2) is 10.6. The van der Waals surface area contributed by atoms with Gasteiger partial charge in [0.2, 0.25) is 0 Å². The van der Waals surface area contributed by atoms with Crippen molar-refractivity contribution in [1.82, 2.24) is 0 Å². The van der Waals surface area contributed by atoms with Crippen molar-refractivity contribution in [3.8, 4) is 0 Å². The summed E-state index contributed by atoms with van der Waals surface area (Å²) in [4.78, 5) is 0. The van der Waals surface area contributed by atoms with Gasteiger partial charge in [-0.15, -0.1) is 0 Å². The van der Waals surface area contributed by atoms with Gasteiger partial charge in [-0.1, -0.05) is 49.7 Å². The largest absolute Gasteiger partial charge is 0.286 e. The number of hydrogen-bond donors (Lipinski definition) is 1. The lowest BCUT2D eigenvalue weighted by Gasteiger charge is -1.93. The Bertz CT molecular complexity index is 644. The predicted molar refractivity (Wildman–Crippen MR) is 90.6 cm³/mol. The number of aryl methyl sites for hydroxylation is 1. The van der Waals surface area contributed by atoms with E-state index in [4.69, 9.17) is 4.55 Å². The third-order valence-corrected chi connectivity index (χ3v) is 2.07. The number of nitrogens with zero attached hydrogens (tertiary/aromatic N) is 2. The van der Waals surface area contributed by atoms with Crippen molar-refractivity contribution in [2.24, 2.45) is 10.2 Å². The molecular weight excluding hydrogens is 300 g/mol. The van der Waals surface area contributed by atoms with Crippen molar-refractivity contribution in [3.63, 3.8) is 0 Å². The third kappa shape index (κ3) is 11.7. The number of benzene rings is 2. The first-order valence-corrected chi connectivity index (χ1v) is 8.65. The van der Waals surface area contributed by atoms with Crippen molar-refractivity contribution in [3.05, 3.63) is 60.2 Å². The molecule has 0 aliphatic heterocycles. The lowest BCUT2D eigenvalue weighted by atomic mass is 10.2. The Morgan fingerprint density at radius 2 is 1.18 bits per heavy atom. The minimum absolute atomic E-state index is 0.715. The van der Waals surface area contributed by atoms with Crippen molar-refractivity contribution in [1.29, 1.82) is 0 Å². The molecule has 0 heterocycles. The summed E-state index contributed by atoms with van der Waals surface area (Å²) in [5.74, 6) is 0. The van der Waals surface area contributed by atoms with Gasteiger partial charge in [-0.25, -0.2) is 0 Å². The van der Waals surface area contributed by atoms with Gasteiger partial charge >= 0.3 is 0 Å². The molecule has 0 fully saturated rings. The summed E-state index contributed by atoms with van der Waals surface area (Å²) < 4.78 is 25.9. The maximum Gasteiger partial charge on any atom is 0.261 e. The fourth-order valence-electron chi connectivity index (χ4n) is 1.22. The van der Waals surface area contributed by atoms with Crippen LogP contribution in [0.4, 0.5) is 11.4 Å². The normalized spacial score (nSPS) is 10.2. The van der Waals surface area contributed by atoms with Gasteiger partial charge < -0.3 is 0 Å². The topological polar surface area (TPSA) is 79.1 Å². The van der Waals surface area contributed by atoms with Crippen molar-refractivity contribution >= 4 is 21.5 Å². The van der Waals surface area contributed by atoms with Crippen LogP contribution in [-0.2, 0) is 10.1 Å². The van der Waals surface area contributed by atoms with E-state index in [-0.39, 0.29) is 0 Å². The maximum atomic E-state index is 9.19. The predicted octanol–water partition coefficient (Wildman–Crippen LogP) is 4.94. The van der Waals surface area contributed by atoms with Crippen LogP contribution in [0.15, 0.2) is 64.8 Å². The maximum absolute atomic E-state index is 9.19. The van der Waals surface area contributed by atoms with Gasteiger partial charge in [-0.3, -0.25) is 4.55 Å². The van der Waals surface area contributed by atoms with Gasteiger partial charge in [0.05, 0.1) is 17.6 Å². The molecule has 0 radical (unpaired) electrons. The van der Waals surface area contributed by atoms with E-state index in [1.165, 1.54) is 5.56 Å². The van der Waals surface area contributed by atoms with Gasteiger partial charge in [-0.05, 0) is 31.2 Å². The first kappa shape index (κ1) is 19.9. The molecule has 0 aliphatic rings. The molecule has 5 nitrogen and oxygen atoms in total. The molecule has 0 amide bonds. The minimum Gasteiger partial charge on any atom is -0.286 e.